The third-order valence-electron chi connectivity index (χ3n) is 5.17. The van der Waals surface area contributed by atoms with Crippen molar-refractivity contribution in [3.8, 4) is 0 Å². The Morgan fingerprint density at radius 2 is 1.79 bits per heavy atom. The number of hydrogen-bond donors (Lipinski definition) is 0. The minimum atomic E-state index is -0.309. The van der Waals surface area contributed by atoms with E-state index in [4.69, 9.17) is 0 Å². The third-order valence-corrected chi connectivity index (χ3v) is 5.17. The number of benzene rings is 1. The molecule has 2 rings (SSSR count). The number of rotatable bonds is 6. The van der Waals surface area contributed by atoms with Crippen molar-refractivity contribution in [2.45, 2.75) is 39.0 Å². The van der Waals surface area contributed by atoms with Gasteiger partial charge in [0.2, 0.25) is 0 Å². The number of ketones is 1. The highest BCUT2D eigenvalue weighted by molar-refractivity contribution is 5.88. The largest absolute Gasteiger partial charge is 0.299 e. The predicted molar refractivity (Wildman–Crippen MR) is 102 cm³/mol. The quantitative estimate of drug-likeness (QED) is 0.708. The normalized spacial score (nSPS) is 18.7. The number of hydrogen-bond acceptors (Lipinski definition) is 2. The number of carbonyl (C=O) groups is 1. The van der Waals surface area contributed by atoms with Crippen LogP contribution in [0, 0.1) is 0 Å². The van der Waals surface area contributed by atoms with Crippen LogP contribution in [0.4, 0.5) is 0 Å². The molecule has 0 aliphatic carbocycles. The highest BCUT2D eigenvalue weighted by Gasteiger charge is 2.40. The lowest BCUT2D eigenvalue weighted by atomic mass is 9.70. The second kappa shape index (κ2) is 8.25. The Labute approximate surface area is 146 Å². The van der Waals surface area contributed by atoms with E-state index in [1.165, 1.54) is 11.1 Å². The van der Waals surface area contributed by atoms with Crippen LogP contribution in [0.1, 0.15) is 39.2 Å². The van der Waals surface area contributed by atoms with Crippen molar-refractivity contribution in [3.63, 3.8) is 0 Å². The molecule has 0 aromatic heterocycles. The van der Waals surface area contributed by atoms with E-state index in [2.05, 4.69) is 48.8 Å². The molecule has 0 radical (unpaired) electrons. The Morgan fingerprint density at radius 1 is 1.17 bits per heavy atom. The number of nitrogens with zero attached hydrogens (tertiary/aromatic N) is 1. The monoisotopic (exact) mass is 323 g/mol. The molecule has 2 heteroatoms. The van der Waals surface area contributed by atoms with Crippen molar-refractivity contribution in [1.82, 2.24) is 4.90 Å². The third kappa shape index (κ3) is 4.33. The lowest BCUT2D eigenvalue weighted by Crippen LogP contribution is -2.46. The van der Waals surface area contributed by atoms with Gasteiger partial charge >= 0.3 is 0 Å². The number of allylic oxidation sites excluding steroid dienone is 3. The fraction of sp³-hybridized carbons (Fsp3) is 0.409. The molecule has 1 fully saturated rings. The molecular weight excluding hydrogens is 294 g/mol. The van der Waals surface area contributed by atoms with Crippen molar-refractivity contribution in [1.29, 1.82) is 0 Å². The van der Waals surface area contributed by atoms with Crippen LogP contribution in [0.15, 0.2) is 66.3 Å². The van der Waals surface area contributed by atoms with Gasteiger partial charge in [0.1, 0.15) is 5.78 Å². The fourth-order valence-corrected chi connectivity index (χ4v) is 3.38. The van der Waals surface area contributed by atoms with Gasteiger partial charge in [-0.2, -0.15) is 0 Å². The maximum atomic E-state index is 12.4. The smallest absolute Gasteiger partial charge is 0.140 e. The van der Waals surface area contributed by atoms with Crippen LogP contribution < -0.4 is 0 Å². The summed E-state index contributed by atoms with van der Waals surface area (Å²) >= 11 is 0. The van der Waals surface area contributed by atoms with Gasteiger partial charge in [-0.3, -0.25) is 9.69 Å². The maximum absolute atomic E-state index is 12.4. The second-order valence-electron chi connectivity index (χ2n) is 6.80. The first-order valence-corrected chi connectivity index (χ1v) is 8.75. The molecule has 0 bridgehead atoms. The number of likely N-dealkylation sites (tertiary alicyclic amines) is 1. The molecular formula is C22H29NO. The summed E-state index contributed by atoms with van der Waals surface area (Å²) in [5, 5.41) is 0. The van der Waals surface area contributed by atoms with Crippen LogP contribution >= 0.6 is 0 Å². The van der Waals surface area contributed by atoms with Gasteiger partial charge < -0.3 is 0 Å². The van der Waals surface area contributed by atoms with Crippen LogP contribution in [-0.2, 0) is 10.2 Å². The second-order valence-corrected chi connectivity index (χ2v) is 6.80. The summed E-state index contributed by atoms with van der Waals surface area (Å²) in [5.74, 6) is 0.288. The van der Waals surface area contributed by atoms with Crippen LogP contribution in [-0.4, -0.2) is 30.3 Å². The predicted octanol–water partition coefficient (Wildman–Crippen LogP) is 4.69. The van der Waals surface area contributed by atoms with E-state index in [1.807, 2.05) is 25.1 Å². The van der Waals surface area contributed by atoms with E-state index in [9.17, 15) is 4.79 Å². The molecule has 0 N–H and O–H groups in total. The zero-order chi connectivity index (χ0) is 17.6. The first-order valence-electron chi connectivity index (χ1n) is 8.75. The van der Waals surface area contributed by atoms with E-state index in [0.717, 1.165) is 38.0 Å². The van der Waals surface area contributed by atoms with E-state index >= 15 is 0 Å². The minimum absolute atomic E-state index is 0.288. The average Bonchev–Trinajstić information content (AvgIpc) is 2.61. The van der Waals surface area contributed by atoms with Crippen LogP contribution in [0.5, 0.6) is 0 Å². The summed E-state index contributed by atoms with van der Waals surface area (Å²) < 4.78 is 0. The van der Waals surface area contributed by atoms with Gasteiger partial charge in [-0.15, -0.1) is 0 Å². The Morgan fingerprint density at radius 3 is 2.33 bits per heavy atom. The lowest BCUT2D eigenvalue weighted by molar-refractivity contribution is -0.124. The molecule has 1 aliphatic rings. The van der Waals surface area contributed by atoms with Gasteiger partial charge in [-0.25, -0.2) is 0 Å². The van der Waals surface area contributed by atoms with Crippen LogP contribution in [0.25, 0.3) is 0 Å². The summed E-state index contributed by atoms with van der Waals surface area (Å²) in [6, 6.07) is 10.3. The van der Waals surface area contributed by atoms with E-state index < -0.39 is 0 Å². The first-order chi connectivity index (χ1) is 11.5. The molecule has 0 amide bonds. The highest BCUT2D eigenvalue weighted by atomic mass is 16.1. The van der Waals surface area contributed by atoms with Crippen molar-refractivity contribution >= 4 is 5.78 Å². The summed E-state index contributed by atoms with van der Waals surface area (Å²) in [5.41, 5.74) is 3.22. The molecule has 2 nitrogen and oxygen atoms in total. The van der Waals surface area contributed by atoms with Crippen molar-refractivity contribution < 1.29 is 4.79 Å². The zero-order valence-corrected chi connectivity index (χ0v) is 15.2. The number of piperidine rings is 1. The van der Waals surface area contributed by atoms with E-state index in [-0.39, 0.29) is 11.2 Å². The Bertz CT molecular complexity index is 631. The first kappa shape index (κ1) is 18.4. The van der Waals surface area contributed by atoms with E-state index in [0.29, 0.717) is 0 Å². The standard InChI is InChI=1S/C22H29NO/c1-5-18(2)11-12-19(3)17-23-15-13-22(14-16-23,20(4)24)21-9-7-6-8-10-21/h5-12H,3,13-17H2,1-2,4H3/b12-11-,18-5-. The molecule has 1 aromatic rings. The zero-order valence-electron chi connectivity index (χ0n) is 15.2. The van der Waals surface area contributed by atoms with Gasteiger partial charge in [-0.05, 0) is 57.8 Å². The molecule has 0 saturated carbocycles. The van der Waals surface area contributed by atoms with Crippen LogP contribution in [0.3, 0.4) is 0 Å². The molecule has 0 spiro atoms. The molecule has 1 heterocycles. The Kier molecular flexibility index (Phi) is 6.33. The molecule has 128 valence electrons. The van der Waals surface area contributed by atoms with Gasteiger partial charge in [0.25, 0.3) is 0 Å². The van der Waals surface area contributed by atoms with Crippen molar-refractivity contribution in [2.24, 2.45) is 0 Å². The summed E-state index contributed by atoms with van der Waals surface area (Å²) in [6.07, 6.45) is 8.07. The molecule has 1 saturated heterocycles. The summed E-state index contributed by atoms with van der Waals surface area (Å²) in [6.45, 7) is 12.8. The van der Waals surface area contributed by atoms with Crippen LogP contribution in [0.2, 0.25) is 0 Å². The minimum Gasteiger partial charge on any atom is -0.299 e. The maximum Gasteiger partial charge on any atom is 0.140 e. The average molecular weight is 323 g/mol. The molecule has 0 atom stereocenters. The molecule has 1 aliphatic heterocycles. The Hall–Kier alpha value is -1.93. The Balaban J connectivity index is 2.00. The molecule has 1 aromatic carbocycles. The van der Waals surface area contributed by atoms with Gasteiger partial charge in [0.15, 0.2) is 0 Å². The van der Waals surface area contributed by atoms with Gasteiger partial charge in [-0.1, -0.05) is 60.7 Å². The summed E-state index contributed by atoms with van der Waals surface area (Å²) in [7, 11) is 0. The highest BCUT2D eigenvalue weighted by Crippen LogP contribution is 2.36. The van der Waals surface area contributed by atoms with E-state index in [1.54, 1.807) is 6.92 Å². The lowest BCUT2D eigenvalue weighted by Gasteiger charge is -2.40. The molecule has 0 unspecified atom stereocenters. The van der Waals surface area contributed by atoms with Gasteiger partial charge in [0.05, 0.1) is 5.41 Å². The number of carbonyl (C=O) groups excluding carboxylic acids is 1. The van der Waals surface area contributed by atoms with Gasteiger partial charge in [0, 0.05) is 6.54 Å². The summed E-state index contributed by atoms with van der Waals surface area (Å²) in [4.78, 5) is 14.8. The SMILES string of the molecule is C=C(/C=C\C(C)=C/C)CN1CCC(C(C)=O)(c2ccccc2)CC1. The number of Topliss-reactive ketones (excluding diaryl/α,β-unsaturated/α-hetero) is 1. The van der Waals surface area contributed by atoms with Crippen molar-refractivity contribution in [2.75, 3.05) is 19.6 Å². The topological polar surface area (TPSA) is 20.3 Å². The fourth-order valence-electron chi connectivity index (χ4n) is 3.38. The van der Waals surface area contributed by atoms with Crippen molar-refractivity contribution in [3.05, 3.63) is 71.8 Å². The molecule has 24 heavy (non-hydrogen) atoms.